The second-order valence-electron chi connectivity index (χ2n) is 12.5. The largest absolute Gasteiger partial charge is 0.492 e. The predicted molar refractivity (Wildman–Crippen MR) is 144 cm³/mol. The van der Waals surface area contributed by atoms with Crippen molar-refractivity contribution in [2.75, 3.05) is 19.7 Å². The van der Waals surface area contributed by atoms with E-state index in [0.717, 1.165) is 62.4 Å². The first-order valence-corrected chi connectivity index (χ1v) is 14.2. The number of ether oxygens (including phenoxy) is 2. The number of carbonyl (C=O) groups is 3. The molecule has 5 heterocycles. The van der Waals surface area contributed by atoms with Crippen LogP contribution in [0.2, 0.25) is 0 Å². The Bertz CT molecular complexity index is 1390. The molecule has 2 fully saturated rings. The number of hydrogen-bond acceptors (Lipinski definition) is 6. The molecule has 8 heteroatoms. The normalized spacial score (nSPS) is 25.0. The molecule has 2 saturated heterocycles. The number of nitrogens with zero attached hydrogens (tertiary/aromatic N) is 2. The van der Waals surface area contributed by atoms with Crippen molar-refractivity contribution >= 4 is 17.7 Å². The first-order chi connectivity index (χ1) is 18.7. The van der Waals surface area contributed by atoms with Crippen molar-refractivity contribution in [1.29, 1.82) is 0 Å². The summed E-state index contributed by atoms with van der Waals surface area (Å²) in [4.78, 5) is 41.4. The van der Waals surface area contributed by atoms with Crippen LogP contribution >= 0.6 is 0 Å². The number of hydrogen-bond donors (Lipinski definition) is 1. The molecule has 1 atom stereocenters. The highest BCUT2D eigenvalue weighted by Gasteiger charge is 2.46. The molecule has 39 heavy (non-hydrogen) atoms. The van der Waals surface area contributed by atoms with Crippen LogP contribution in [0, 0.1) is 0 Å². The van der Waals surface area contributed by atoms with Gasteiger partial charge in [0.15, 0.2) is 0 Å². The topological polar surface area (TPSA) is 88.2 Å². The Kier molecular flexibility index (Phi) is 5.57. The zero-order valence-corrected chi connectivity index (χ0v) is 22.7. The minimum atomic E-state index is -0.603. The highest BCUT2D eigenvalue weighted by atomic mass is 16.5. The van der Waals surface area contributed by atoms with E-state index in [2.05, 4.69) is 48.3 Å². The number of rotatable bonds is 3. The molecule has 2 aromatic carbocycles. The Hall–Kier alpha value is -3.39. The van der Waals surface area contributed by atoms with Gasteiger partial charge in [0, 0.05) is 41.6 Å². The van der Waals surface area contributed by atoms with Crippen LogP contribution in [0.25, 0.3) is 0 Å². The van der Waals surface area contributed by atoms with Gasteiger partial charge < -0.3 is 14.4 Å². The highest BCUT2D eigenvalue weighted by molar-refractivity contribution is 6.05. The van der Waals surface area contributed by atoms with Crippen molar-refractivity contribution in [2.45, 2.75) is 82.5 Å². The third-order valence-electron chi connectivity index (χ3n) is 9.46. The van der Waals surface area contributed by atoms with Crippen molar-refractivity contribution in [1.82, 2.24) is 15.1 Å². The van der Waals surface area contributed by atoms with Crippen LogP contribution in [0.3, 0.4) is 0 Å². The zero-order chi connectivity index (χ0) is 26.9. The quantitative estimate of drug-likeness (QED) is 0.613. The Morgan fingerprint density at radius 2 is 1.85 bits per heavy atom. The Morgan fingerprint density at radius 3 is 2.64 bits per heavy atom. The molecule has 0 aromatic heterocycles. The van der Waals surface area contributed by atoms with Crippen LogP contribution in [0.4, 0.5) is 0 Å². The number of para-hydroxylation sites is 1. The molecule has 3 amide bonds. The number of aryl methyl sites for hydroxylation is 1. The van der Waals surface area contributed by atoms with Crippen LogP contribution in [-0.4, -0.2) is 58.9 Å². The highest BCUT2D eigenvalue weighted by Crippen LogP contribution is 2.48. The summed E-state index contributed by atoms with van der Waals surface area (Å²) in [6.07, 6.45) is 4.70. The van der Waals surface area contributed by atoms with E-state index in [4.69, 9.17) is 9.47 Å². The number of fused-ring (bicyclic) bond motifs is 4. The maximum absolute atomic E-state index is 13.2. The first kappa shape index (κ1) is 24.6. The average molecular weight is 530 g/mol. The smallest absolute Gasteiger partial charge is 0.255 e. The van der Waals surface area contributed by atoms with Crippen LogP contribution < -0.4 is 14.8 Å². The standard InChI is InChI=1S/C31H35N3O5/c1-30(2)9-8-19-4-3-5-20(27(19)39-30)16-33-12-10-31(11-13-33)18-38-25-15-22-21(14-23(25)31)17-34(29(22)37)24-6-7-26(35)32-28(24)36/h3-5,14-15,24H,6-13,16-18H2,1-2H3,(H,32,35,36). The third kappa shape index (κ3) is 4.11. The van der Waals surface area contributed by atoms with Gasteiger partial charge in [0.2, 0.25) is 11.8 Å². The maximum atomic E-state index is 13.2. The number of nitrogens with one attached hydrogen (secondary N) is 1. The summed E-state index contributed by atoms with van der Waals surface area (Å²) in [5, 5.41) is 2.38. The van der Waals surface area contributed by atoms with E-state index in [1.54, 1.807) is 4.90 Å². The summed E-state index contributed by atoms with van der Waals surface area (Å²) in [6.45, 7) is 8.19. The molecule has 8 nitrogen and oxygen atoms in total. The van der Waals surface area contributed by atoms with Gasteiger partial charge in [-0.25, -0.2) is 0 Å². The van der Waals surface area contributed by atoms with E-state index < -0.39 is 6.04 Å². The van der Waals surface area contributed by atoms with Crippen LogP contribution in [0.5, 0.6) is 11.5 Å². The molecule has 1 unspecified atom stereocenters. The van der Waals surface area contributed by atoms with Crippen LogP contribution in [-0.2, 0) is 34.5 Å². The fraction of sp³-hybridized carbons (Fsp3) is 0.516. The van der Waals surface area contributed by atoms with E-state index in [0.29, 0.717) is 25.1 Å². The lowest BCUT2D eigenvalue weighted by Crippen LogP contribution is -2.52. The molecule has 1 N–H and O–H groups in total. The molecule has 5 aliphatic heterocycles. The number of likely N-dealkylation sites (tertiary alicyclic amines) is 1. The second-order valence-corrected chi connectivity index (χ2v) is 12.5. The zero-order valence-electron chi connectivity index (χ0n) is 22.7. The molecular weight excluding hydrogens is 494 g/mol. The lowest BCUT2D eigenvalue weighted by atomic mass is 9.73. The van der Waals surface area contributed by atoms with Crippen molar-refractivity contribution in [3.05, 3.63) is 58.1 Å². The summed E-state index contributed by atoms with van der Waals surface area (Å²) >= 11 is 0. The number of piperidine rings is 2. The number of carbonyl (C=O) groups excluding carboxylic acids is 3. The SMILES string of the molecule is CC1(C)CCc2cccc(CN3CCC4(CC3)COc3cc5c(cc34)CN(C3CCC(=O)NC3=O)C5=O)c2O1. The van der Waals surface area contributed by atoms with E-state index in [-0.39, 0.29) is 35.2 Å². The van der Waals surface area contributed by atoms with Gasteiger partial charge in [-0.3, -0.25) is 24.6 Å². The number of imide groups is 1. The Labute approximate surface area is 228 Å². The Morgan fingerprint density at radius 1 is 1.03 bits per heavy atom. The van der Waals surface area contributed by atoms with Crippen LogP contribution in [0.15, 0.2) is 30.3 Å². The minimum Gasteiger partial charge on any atom is -0.492 e. The number of amides is 3. The molecule has 0 radical (unpaired) electrons. The molecule has 204 valence electrons. The van der Waals surface area contributed by atoms with Crippen molar-refractivity contribution < 1.29 is 23.9 Å². The molecule has 1 spiro atoms. The first-order valence-electron chi connectivity index (χ1n) is 14.2. The van der Waals surface area contributed by atoms with Gasteiger partial charge in [0.1, 0.15) is 23.1 Å². The minimum absolute atomic E-state index is 0.0550. The lowest BCUT2D eigenvalue weighted by molar-refractivity contribution is -0.136. The van der Waals surface area contributed by atoms with Gasteiger partial charge in [-0.05, 0) is 82.3 Å². The summed E-state index contributed by atoms with van der Waals surface area (Å²) in [6, 6.07) is 9.98. The summed E-state index contributed by atoms with van der Waals surface area (Å²) in [5.41, 5.74) is 5.16. The predicted octanol–water partition coefficient (Wildman–Crippen LogP) is 3.48. The average Bonchev–Trinajstić information content (AvgIpc) is 3.41. The number of benzene rings is 2. The molecule has 0 aliphatic carbocycles. The lowest BCUT2D eigenvalue weighted by Gasteiger charge is -2.39. The summed E-state index contributed by atoms with van der Waals surface area (Å²) in [5.74, 6) is 1.06. The van der Waals surface area contributed by atoms with Gasteiger partial charge in [0.05, 0.1) is 6.61 Å². The maximum Gasteiger partial charge on any atom is 0.255 e. The fourth-order valence-corrected chi connectivity index (χ4v) is 7.07. The van der Waals surface area contributed by atoms with Crippen LogP contribution in [0.1, 0.15) is 78.6 Å². The van der Waals surface area contributed by atoms with Gasteiger partial charge in [-0.1, -0.05) is 18.2 Å². The van der Waals surface area contributed by atoms with Gasteiger partial charge in [0.25, 0.3) is 5.91 Å². The molecule has 5 aliphatic rings. The summed E-state index contributed by atoms with van der Waals surface area (Å²) < 4.78 is 12.6. The molecular formula is C31H35N3O5. The summed E-state index contributed by atoms with van der Waals surface area (Å²) in [7, 11) is 0. The Balaban J connectivity index is 1.07. The van der Waals surface area contributed by atoms with Gasteiger partial charge in [-0.15, -0.1) is 0 Å². The van der Waals surface area contributed by atoms with E-state index in [1.165, 1.54) is 16.7 Å². The van der Waals surface area contributed by atoms with E-state index >= 15 is 0 Å². The molecule has 0 saturated carbocycles. The van der Waals surface area contributed by atoms with E-state index in [9.17, 15) is 14.4 Å². The van der Waals surface area contributed by atoms with Crippen molar-refractivity contribution in [3.8, 4) is 11.5 Å². The molecule has 2 aromatic rings. The van der Waals surface area contributed by atoms with Crippen molar-refractivity contribution in [3.63, 3.8) is 0 Å². The van der Waals surface area contributed by atoms with Crippen molar-refractivity contribution in [2.24, 2.45) is 0 Å². The second kappa shape index (κ2) is 8.81. The monoisotopic (exact) mass is 529 g/mol. The van der Waals surface area contributed by atoms with Gasteiger partial charge >= 0.3 is 0 Å². The third-order valence-corrected chi connectivity index (χ3v) is 9.46. The molecule has 7 rings (SSSR count). The van der Waals surface area contributed by atoms with Gasteiger partial charge in [-0.2, -0.15) is 0 Å². The fourth-order valence-electron chi connectivity index (χ4n) is 7.07. The van der Waals surface area contributed by atoms with E-state index in [1.807, 2.05) is 6.07 Å². The molecule has 0 bridgehead atoms.